The molecule has 38 heavy (non-hydrogen) atoms. The molecular formula is C25H27N7O5S. The number of Topliss-reactive ketones (excluding diaryl/α,β-unsaturated/α-hetero) is 1. The van der Waals surface area contributed by atoms with Crippen LogP contribution in [-0.4, -0.2) is 73.6 Å². The number of anilines is 2. The van der Waals surface area contributed by atoms with E-state index in [4.69, 9.17) is 4.84 Å². The van der Waals surface area contributed by atoms with Crippen molar-refractivity contribution in [1.29, 1.82) is 0 Å². The SMILES string of the molecule is Cc1nn(-c2ccnc(Nc3ccc4c(c3)c(C(=O)C3CC3)cn4S(C)(=O)=O)n2)cc1CN1CC(O)CO1. The van der Waals surface area contributed by atoms with E-state index in [0.29, 0.717) is 47.0 Å². The highest BCUT2D eigenvalue weighted by Gasteiger charge is 2.33. The second-order valence-electron chi connectivity index (χ2n) is 9.79. The fourth-order valence-corrected chi connectivity index (χ4v) is 5.39. The van der Waals surface area contributed by atoms with Crippen molar-refractivity contribution in [3.8, 4) is 5.82 Å². The second kappa shape index (κ2) is 9.27. The summed E-state index contributed by atoms with van der Waals surface area (Å²) in [6.07, 6.45) is 7.18. The normalized spacial score (nSPS) is 18.3. The lowest BCUT2D eigenvalue weighted by atomic mass is 10.1. The van der Waals surface area contributed by atoms with Gasteiger partial charge in [0.05, 0.1) is 43.3 Å². The van der Waals surface area contributed by atoms with Crippen LogP contribution >= 0.6 is 0 Å². The number of benzene rings is 1. The Balaban J connectivity index is 1.28. The van der Waals surface area contributed by atoms with Gasteiger partial charge in [0, 0.05) is 52.8 Å². The average molecular weight is 538 g/mol. The van der Waals surface area contributed by atoms with Gasteiger partial charge in [-0.15, -0.1) is 0 Å². The van der Waals surface area contributed by atoms with Crippen molar-refractivity contribution in [2.24, 2.45) is 5.92 Å². The van der Waals surface area contributed by atoms with E-state index in [1.807, 2.05) is 13.1 Å². The Kier molecular flexibility index (Phi) is 6.02. The second-order valence-corrected chi connectivity index (χ2v) is 11.7. The van der Waals surface area contributed by atoms with Crippen molar-refractivity contribution in [3.05, 3.63) is 59.7 Å². The lowest BCUT2D eigenvalue weighted by Crippen LogP contribution is -2.20. The number of ketones is 1. The summed E-state index contributed by atoms with van der Waals surface area (Å²) in [5.74, 6) is 0.787. The predicted octanol–water partition coefficient (Wildman–Crippen LogP) is 2.18. The number of hydrogen-bond acceptors (Lipinski definition) is 10. The number of β-amino-alcohol motifs (C(OH)–C–C–N with tert-alkyl or cyclic N) is 1. The molecule has 1 saturated heterocycles. The van der Waals surface area contributed by atoms with Crippen molar-refractivity contribution in [2.45, 2.75) is 32.4 Å². The maximum Gasteiger partial charge on any atom is 0.236 e. The van der Waals surface area contributed by atoms with Gasteiger partial charge in [0.25, 0.3) is 0 Å². The maximum atomic E-state index is 12.9. The van der Waals surface area contributed by atoms with Crippen LogP contribution < -0.4 is 5.32 Å². The molecule has 3 aromatic heterocycles. The summed E-state index contributed by atoms with van der Waals surface area (Å²) >= 11 is 0. The molecule has 1 aromatic carbocycles. The number of carbonyl (C=O) groups excluding carboxylic acids is 1. The number of carbonyl (C=O) groups is 1. The molecule has 0 radical (unpaired) electrons. The van der Waals surface area contributed by atoms with Gasteiger partial charge >= 0.3 is 0 Å². The molecule has 12 nitrogen and oxygen atoms in total. The topological polar surface area (TPSA) is 144 Å². The molecule has 2 aliphatic rings. The maximum absolute atomic E-state index is 12.9. The van der Waals surface area contributed by atoms with E-state index in [2.05, 4.69) is 20.4 Å². The van der Waals surface area contributed by atoms with E-state index < -0.39 is 16.1 Å². The minimum absolute atomic E-state index is 0.0357. The minimum Gasteiger partial charge on any atom is -0.389 e. The van der Waals surface area contributed by atoms with Crippen LogP contribution in [0.15, 0.2) is 42.9 Å². The molecule has 2 fully saturated rings. The van der Waals surface area contributed by atoms with Gasteiger partial charge in [-0.05, 0) is 38.0 Å². The van der Waals surface area contributed by atoms with E-state index in [0.717, 1.165) is 34.3 Å². The molecule has 0 spiro atoms. The zero-order valence-electron chi connectivity index (χ0n) is 20.9. The lowest BCUT2D eigenvalue weighted by molar-refractivity contribution is -0.118. The lowest BCUT2D eigenvalue weighted by Gasteiger charge is -2.12. The molecular weight excluding hydrogens is 510 g/mol. The van der Waals surface area contributed by atoms with Gasteiger partial charge in [-0.25, -0.2) is 22.1 Å². The largest absolute Gasteiger partial charge is 0.389 e. The number of hydroxylamine groups is 2. The summed E-state index contributed by atoms with van der Waals surface area (Å²) in [5, 5.41) is 19.7. The Morgan fingerprint density at radius 2 is 2.05 bits per heavy atom. The summed E-state index contributed by atoms with van der Waals surface area (Å²) in [6.45, 7) is 3.12. The van der Waals surface area contributed by atoms with Gasteiger partial charge in [0.2, 0.25) is 16.0 Å². The van der Waals surface area contributed by atoms with E-state index in [1.165, 1.54) is 6.20 Å². The molecule has 1 atom stereocenters. The molecule has 4 heterocycles. The molecule has 1 saturated carbocycles. The first kappa shape index (κ1) is 24.7. The van der Waals surface area contributed by atoms with Crippen molar-refractivity contribution < 1.29 is 23.2 Å². The van der Waals surface area contributed by atoms with Crippen molar-refractivity contribution in [1.82, 2.24) is 28.8 Å². The third-order valence-corrected chi connectivity index (χ3v) is 7.70. The Morgan fingerprint density at radius 3 is 2.76 bits per heavy atom. The summed E-state index contributed by atoms with van der Waals surface area (Å²) in [7, 11) is -3.58. The summed E-state index contributed by atoms with van der Waals surface area (Å²) < 4.78 is 27.5. The number of rotatable bonds is 8. The smallest absolute Gasteiger partial charge is 0.236 e. The Labute approximate surface area is 218 Å². The van der Waals surface area contributed by atoms with Gasteiger partial charge < -0.3 is 10.4 Å². The molecule has 1 aliphatic carbocycles. The predicted molar refractivity (Wildman–Crippen MR) is 139 cm³/mol. The highest BCUT2D eigenvalue weighted by atomic mass is 32.2. The van der Waals surface area contributed by atoms with Gasteiger partial charge in [0.15, 0.2) is 11.6 Å². The first-order valence-corrected chi connectivity index (χ1v) is 14.1. The monoisotopic (exact) mass is 537 g/mol. The van der Waals surface area contributed by atoms with Crippen LogP contribution in [0, 0.1) is 12.8 Å². The number of fused-ring (bicyclic) bond motifs is 1. The Bertz CT molecular complexity index is 1660. The fraction of sp³-hybridized carbons (Fsp3) is 0.360. The molecule has 6 rings (SSSR count). The van der Waals surface area contributed by atoms with Gasteiger partial charge in [-0.2, -0.15) is 15.1 Å². The van der Waals surface area contributed by atoms with Crippen LogP contribution in [-0.2, 0) is 21.4 Å². The van der Waals surface area contributed by atoms with Gasteiger partial charge in [-0.3, -0.25) is 9.63 Å². The summed E-state index contributed by atoms with van der Waals surface area (Å²) in [5.41, 5.74) is 3.23. The van der Waals surface area contributed by atoms with Crippen LogP contribution in [0.5, 0.6) is 0 Å². The van der Waals surface area contributed by atoms with Crippen LogP contribution in [0.3, 0.4) is 0 Å². The Morgan fingerprint density at radius 1 is 1.24 bits per heavy atom. The number of aromatic nitrogens is 5. The van der Waals surface area contributed by atoms with Crippen LogP contribution in [0.2, 0.25) is 0 Å². The first-order chi connectivity index (χ1) is 18.2. The summed E-state index contributed by atoms with van der Waals surface area (Å²) in [6, 6.07) is 6.89. The third-order valence-electron chi connectivity index (χ3n) is 6.68. The Hall–Kier alpha value is -3.65. The zero-order valence-corrected chi connectivity index (χ0v) is 21.7. The van der Waals surface area contributed by atoms with Crippen molar-refractivity contribution >= 4 is 38.3 Å². The highest BCUT2D eigenvalue weighted by molar-refractivity contribution is 7.89. The molecule has 2 N–H and O–H groups in total. The van der Waals surface area contributed by atoms with Crippen LogP contribution in [0.1, 0.15) is 34.5 Å². The van der Waals surface area contributed by atoms with Gasteiger partial charge in [-0.1, -0.05) is 0 Å². The molecule has 0 amide bonds. The first-order valence-electron chi connectivity index (χ1n) is 12.3. The number of hydrogen-bond donors (Lipinski definition) is 2. The van der Waals surface area contributed by atoms with E-state index in [1.54, 1.807) is 40.2 Å². The molecule has 4 aromatic rings. The molecule has 198 valence electrons. The van der Waals surface area contributed by atoms with E-state index >= 15 is 0 Å². The van der Waals surface area contributed by atoms with Gasteiger partial charge in [0.1, 0.15) is 0 Å². The number of nitrogens with one attached hydrogen (secondary N) is 1. The third kappa shape index (κ3) is 4.80. The minimum atomic E-state index is -3.58. The number of nitrogens with zero attached hydrogens (tertiary/aromatic N) is 6. The average Bonchev–Trinajstić information content (AvgIpc) is 3.38. The molecule has 1 unspecified atom stereocenters. The quantitative estimate of drug-likeness (QED) is 0.321. The standard InChI is InChI=1S/C25H27N7O5S/c1-15-17(10-30-12-19(33)14-37-30)11-31(29-15)23-7-8-26-25(28-23)27-18-5-6-22-20(9-18)21(24(34)16-3-4-16)13-32(22)38(2,35)36/h5-9,11,13,16,19,33H,3-4,10,12,14H2,1-2H3,(H,26,27,28). The number of aliphatic hydroxyl groups excluding tert-OH is 1. The van der Waals surface area contributed by atoms with Crippen molar-refractivity contribution in [2.75, 3.05) is 24.7 Å². The number of aliphatic hydroxyl groups is 1. The molecule has 13 heteroatoms. The molecule has 0 bridgehead atoms. The van der Waals surface area contributed by atoms with Crippen LogP contribution in [0.25, 0.3) is 16.7 Å². The van der Waals surface area contributed by atoms with Crippen LogP contribution in [0.4, 0.5) is 11.6 Å². The fourth-order valence-electron chi connectivity index (χ4n) is 4.58. The van der Waals surface area contributed by atoms with E-state index in [-0.39, 0.29) is 18.3 Å². The summed E-state index contributed by atoms with van der Waals surface area (Å²) in [4.78, 5) is 27.3. The van der Waals surface area contributed by atoms with E-state index in [9.17, 15) is 18.3 Å². The van der Waals surface area contributed by atoms with Crippen molar-refractivity contribution in [3.63, 3.8) is 0 Å². The zero-order chi connectivity index (χ0) is 26.6. The molecule has 1 aliphatic heterocycles. The number of aryl methyl sites for hydroxylation is 1. The highest BCUT2D eigenvalue weighted by Crippen LogP contribution is 2.36.